The normalized spacial score (nSPS) is 15.8. The van der Waals surface area contributed by atoms with Crippen LogP contribution in [0.2, 0.25) is 0 Å². The lowest BCUT2D eigenvalue weighted by atomic mass is 9.67. The number of nitrogens with two attached hydrogens (primary N) is 1. The third kappa shape index (κ3) is 20.5. The van der Waals surface area contributed by atoms with E-state index in [2.05, 4.69) is 285 Å². The lowest BCUT2D eigenvalue weighted by Gasteiger charge is -2.47. The van der Waals surface area contributed by atoms with E-state index in [1.807, 2.05) is 12.1 Å². The molecule has 606 valence electrons. The number of rotatable bonds is 31. The molecule has 0 radical (unpaired) electrons. The minimum absolute atomic E-state index is 0.124. The monoisotopic (exact) mass is 1530 g/mol. The van der Waals surface area contributed by atoms with Gasteiger partial charge in [0.1, 0.15) is 34.0 Å². The van der Waals surface area contributed by atoms with Gasteiger partial charge in [-0.05, 0) is 188 Å². The summed E-state index contributed by atoms with van der Waals surface area (Å²) >= 11 is 0. The number of nitrogens with one attached hydrogen (secondary N) is 2. The van der Waals surface area contributed by atoms with Gasteiger partial charge >= 0.3 is 0 Å². The maximum absolute atomic E-state index is 6.41. The van der Waals surface area contributed by atoms with Crippen LogP contribution in [0, 0.1) is 45.3 Å². The maximum atomic E-state index is 6.41. The summed E-state index contributed by atoms with van der Waals surface area (Å²) in [5.74, 6) is 7.51. The van der Waals surface area contributed by atoms with E-state index in [0.717, 1.165) is 208 Å². The van der Waals surface area contributed by atoms with Crippen LogP contribution in [-0.2, 0) is 71.4 Å². The molecule has 15 rings (SSSR count). The number of aryl methyl sites for hydroxylation is 3. The fraction of sp³-hybridized carbons (Fsp3) is 0.525. The largest absolute Gasteiger partial charge is 0.382 e. The van der Waals surface area contributed by atoms with Crippen LogP contribution in [0.1, 0.15) is 263 Å². The van der Waals surface area contributed by atoms with Gasteiger partial charge in [-0.3, -0.25) is 14.9 Å². The average molecular weight is 1530 g/mol. The summed E-state index contributed by atoms with van der Waals surface area (Å²) in [6.45, 7) is 48.3. The van der Waals surface area contributed by atoms with Gasteiger partial charge in [0.2, 0.25) is 0 Å². The number of para-hydroxylation sites is 3. The summed E-state index contributed by atoms with van der Waals surface area (Å²) < 4.78 is 7.33. The zero-order chi connectivity index (χ0) is 80.7. The van der Waals surface area contributed by atoms with Crippen LogP contribution in [0.5, 0.6) is 0 Å². The highest BCUT2D eigenvalue weighted by Crippen LogP contribution is 2.45. The highest BCUT2D eigenvalue weighted by atomic mass is 15.2. The van der Waals surface area contributed by atoms with Gasteiger partial charge in [-0.15, -0.1) is 0 Å². The standard InChI is InChI=1S/C35H48N4.C34H47N5.C32H42N4/c1-7-8-16-31-38-32-30(21-34(2,3)4)37-29-15-10-9-14-28(29)33(32)39(31)23-26-19-17-25(18-20-26)22-36-24-35(5,6)27-12-11-13-27;1-7-8-16-29-37-30-31(27-14-9-10-15-28(27)36-32(30)35)39(29)22-25-19-17-24(18-20-25)21-38(33(2,3)4)23-34(5,6)26-12-11-13-26;1-6-7-12-29-35-30-28(18-32(3,4)5)34-27-11-9-8-10-26(27)31(30)36(29)21-24-15-13-23(14-16-24)19-33-20-25-17-22(25)2/h9-10,14-15,17-20,27,36H,7-8,11-13,16,21-24H2,1-6H3;9-10,14-15,17-20,26H,7-8,11-13,16,21-23H2,1-6H3,(H2,35,36);8-11,13-16,22,25,33H,6-7,12,17-21H2,1-5H3. The van der Waals surface area contributed by atoms with E-state index < -0.39 is 0 Å². The Morgan fingerprint density at radius 2 is 0.789 bits per heavy atom. The van der Waals surface area contributed by atoms with Crippen LogP contribution in [0.3, 0.4) is 0 Å². The van der Waals surface area contributed by atoms with Gasteiger partial charge in [-0.1, -0.05) is 256 Å². The molecule has 0 amide bonds. The van der Waals surface area contributed by atoms with Gasteiger partial charge < -0.3 is 30.1 Å². The van der Waals surface area contributed by atoms with Crippen molar-refractivity contribution in [1.82, 2.24) is 59.1 Å². The van der Waals surface area contributed by atoms with Crippen LogP contribution in [0.15, 0.2) is 146 Å². The molecule has 6 heterocycles. The second kappa shape index (κ2) is 36.0. The zero-order valence-corrected chi connectivity index (χ0v) is 72.8. The summed E-state index contributed by atoms with van der Waals surface area (Å²) in [6, 6.07) is 53.1. The first kappa shape index (κ1) is 83.6. The number of hydrogen-bond acceptors (Lipinski definition) is 10. The molecule has 6 aromatic carbocycles. The quantitative estimate of drug-likeness (QED) is 0.0384. The van der Waals surface area contributed by atoms with Crippen molar-refractivity contribution >= 4 is 71.6 Å². The summed E-state index contributed by atoms with van der Waals surface area (Å²) in [5.41, 5.74) is 27.5. The van der Waals surface area contributed by atoms with Gasteiger partial charge in [0.05, 0.1) is 44.5 Å². The summed E-state index contributed by atoms with van der Waals surface area (Å²) in [4.78, 5) is 33.1. The van der Waals surface area contributed by atoms with Crippen molar-refractivity contribution in [2.45, 2.75) is 278 Å². The van der Waals surface area contributed by atoms with Crippen molar-refractivity contribution in [2.24, 2.45) is 45.3 Å². The molecule has 2 atom stereocenters. The average Bonchev–Trinajstić information content (AvgIpc) is 1.62. The minimum atomic E-state index is 0.124. The molecule has 114 heavy (non-hydrogen) atoms. The molecule has 13 nitrogen and oxygen atoms in total. The first-order chi connectivity index (χ1) is 54.5. The molecule has 3 saturated carbocycles. The topological polar surface area (TPSA) is 145 Å². The molecule has 4 N–H and O–H groups in total. The van der Waals surface area contributed by atoms with E-state index in [4.69, 9.17) is 30.7 Å². The number of anilines is 1. The zero-order valence-electron chi connectivity index (χ0n) is 72.8. The third-order valence-corrected chi connectivity index (χ3v) is 25.2. The van der Waals surface area contributed by atoms with Crippen LogP contribution in [-0.4, -0.2) is 73.7 Å². The van der Waals surface area contributed by atoms with E-state index in [-0.39, 0.29) is 16.4 Å². The number of hydrogen-bond donors (Lipinski definition) is 3. The Morgan fingerprint density at radius 3 is 1.17 bits per heavy atom. The van der Waals surface area contributed by atoms with Gasteiger partial charge in [-0.2, -0.15) is 0 Å². The molecule has 0 spiro atoms. The predicted molar refractivity (Wildman–Crippen MR) is 481 cm³/mol. The molecule has 3 aliphatic carbocycles. The van der Waals surface area contributed by atoms with E-state index in [1.165, 1.54) is 118 Å². The lowest BCUT2D eigenvalue weighted by molar-refractivity contribution is 0.0222. The molecular formula is C101H137N13. The maximum Gasteiger partial charge on any atom is 0.152 e. The predicted octanol–water partition coefficient (Wildman–Crippen LogP) is 23.8. The Labute approximate surface area is 683 Å². The molecule has 3 fully saturated rings. The number of unbranched alkanes of at least 4 members (excludes halogenated alkanes) is 3. The first-order valence-electron chi connectivity index (χ1n) is 44.0. The van der Waals surface area contributed by atoms with Crippen molar-refractivity contribution in [2.75, 3.05) is 25.4 Å². The fourth-order valence-corrected chi connectivity index (χ4v) is 17.5. The van der Waals surface area contributed by atoms with Crippen molar-refractivity contribution in [3.8, 4) is 0 Å². The molecule has 12 aromatic rings. The van der Waals surface area contributed by atoms with Crippen LogP contribution >= 0.6 is 0 Å². The van der Waals surface area contributed by atoms with Gasteiger partial charge in [-0.25, -0.2) is 19.9 Å². The Bertz CT molecular complexity index is 5180. The number of benzene rings is 6. The summed E-state index contributed by atoms with van der Waals surface area (Å²) in [7, 11) is 0. The lowest BCUT2D eigenvalue weighted by Crippen LogP contribution is -2.48. The SMILES string of the molecule is CCCCc1nc2c(CC(C)(C)C)nc3ccccc3c2n1Cc1ccc(CNCC(C)(C)C2CCC2)cc1.CCCCc1nc2c(CC(C)(C)C)nc3ccccc3c2n1Cc1ccc(CNCC2CC2C)cc1.CCCCc1nc2c(N)nc3ccccc3c2n1Cc1ccc(CN(CC(C)(C)C2CCC2)C(C)(C)C)cc1. The van der Waals surface area contributed by atoms with Gasteiger partial charge in [0.15, 0.2) is 5.82 Å². The number of imidazole rings is 3. The van der Waals surface area contributed by atoms with Crippen LogP contribution in [0.25, 0.3) is 65.8 Å². The van der Waals surface area contributed by atoms with E-state index in [9.17, 15) is 0 Å². The molecule has 0 aliphatic heterocycles. The molecule has 3 aliphatic rings. The molecule has 6 aromatic heterocycles. The van der Waals surface area contributed by atoms with E-state index >= 15 is 0 Å². The second-order valence-corrected chi connectivity index (χ2v) is 39.3. The number of aromatic nitrogens is 9. The molecule has 2 unspecified atom stereocenters. The van der Waals surface area contributed by atoms with Crippen LogP contribution in [0.4, 0.5) is 5.82 Å². The Hall–Kier alpha value is -8.36. The van der Waals surface area contributed by atoms with Gasteiger partial charge in [0, 0.05) is 93.3 Å². The smallest absolute Gasteiger partial charge is 0.152 e. The third-order valence-electron chi connectivity index (χ3n) is 25.2. The Morgan fingerprint density at radius 1 is 0.430 bits per heavy atom. The molecular weight excluding hydrogens is 1400 g/mol. The molecule has 13 heteroatoms. The Kier molecular flexibility index (Phi) is 26.4. The van der Waals surface area contributed by atoms with Crippen molar-refractivity contribution < 1.29 is 0 Å². The number of nitrogens with zero attached hydrogens (tertiary/aromatic N) is 10. The molecule has 0 saturated heterocycles. The second-order valence-electron chi connectivity index (χ2n) is 39.3. The highest BCUT2D eigenvalue weighted by Gasteiger charge is 2.38. The van der Waals surface area contributed by atoms with E-state index in [1.54, 1.807) is 0 Å². The Balaban J connectivity index is 0.000000149. The highest BCUT2D eigenvalue weighted by molar-refractivity contribution is 6.07. The van der Waals surface area contributed by atoms with Crippen molar-refractivity contribution in [3.63, 3.8) is 0 Å². The van der Waals surface area contributed by atoms with Gasteiger partial charge in [0.25, 0.3) is 0 Å². The fourth-order valence-electron chi connectivity index (χ4n) is 17.5. The van der Waals surface area contributed by atoms with Crippen LogP contribution < -0.4 is 16.4 Å². The number of nitrogen functional groups attached to an aromatic ring is 1. The summed E-state index contributed by atoms with van der Waals surface area (Å²) in [5, 5.41) is 10.9. The first-order valence-corrected chi connectivity index (χ1v) is 44.0. The van der Waals surface area contributed by atoms with E-state index in [0.29, 0.717) is 16.6 Å². The molecule has 0 bridgehead atoms. The van der Waals surface area contributed by atoms with Crippen molar-refractivity contribution in [3.05, 3.63) is 208 Å². The summed E-state index contributed by atoms with van der Waals surface area (Å²) in [6.07, 6.45) is 21.4. The number of fused-ring (bicyclic) bond motifs is 9. The number of pyridine rings is 3. The van der Waals surface area contributed by atoms with Crippen molar-refractivity contribution in [1.29, 1.82) is 0 Å². The minimum Gasteiger partial charge on any atom is -0.382 e.